The SMILES string of the molecule is CC(N)CC(F)(F)C(=O)NC(c1ccccc1)c1ccc(-c2cc(O)cc(OCc3ccccc3)c2)cc1. The maximum atomic E-state index is 14.5. The van der Waals surface area contributed by atoms with Crippen molar-refractivity contribution in [2.75, 3.05) is 0 Å². The predicted octanol–water partition coefficient (Wildman–Crippen LogP) is 6.22. The number of ether oxygens (including phenoxy) is 1. The lowest BCUT2D eigenvalue weighted by atomic mass is 9.95. The second-order valence-corrected chi connectivity index (χ2v) is 9.31. The summed E-state index contributed by atoms with van der Waals surface area (Å²) in [6, 6.07) is 29.2. The zero-order valence-electron chi connectivity index (χ0n) is 21.0. The highest BCUT2D eigenvalue weighted by atomic mass is 19.3. The quantitative estimate of drug-likeness (QED) is 0.234. The van der Waals surface area contributed by atoms with E-state index in [-0.39, 0.29) is 5.75 Å². The van der Waals surface area contributed by atoms with Crippen LogP contribution >= 0.6 is 0 Å². The van der Waals surface area contributed by atoms with Crippen LogP contribution in [0.2, 0.25) is 0 Å². The van der Waals surface area contributed by atoms with E-state index in [1.54, 1.807) is 48.5 Å². The van der Waals surface area contributed by atoms with E-state index in [4.69, 9.17) is 10.5 Å². The second kappa shape index (κ2) is 11.9. The summed E-state index contributed by atoms with van der Waals surface area (Å²) in [6.07, 6.45) is -0.745. The molecule has 4 N–H and O–H groups in total. The number of hydrogen-bond donors (Lipinski definition) is 3. The van der Waals surface area contributed by atoms with Crippen LogP contribution in [0.25, 0.3) is 11.1 Å². The number of nitrogens with one attached hydrogen (secondary N) is 1. The van der Waals surface area contributed by atoms with Crippen molar-refractivity contribution in [3.05, 3.63) is 120 Å². The summed E-state index contributed by atoms with van der Waals surface area (Å²) < 4.78 is 34.8. The zero-order valence-corrected chi connectivity index (χ0v) is 21.0. The summed E-state index contributed by atoms with van der Waals surface area (Å²) in [5.74, 6) is -4.40. The van der Waals surface area contributed by atoms with Crippen molar-refractivity contribution in [2.45, 2.75) is 38.0 Å². The standard InChI is InChI=1S/C31H30F2N2O3/c1-21(34)19-31(32,33)30(37)35-29(24-10-6-3-7-11-24)25-14-12-23(13-15-25)26-16-27(36)18-28(17-26)38-20-22-8-4-2-5-9-22/h2-18,21,29,36H,19-20,34H2,1H3,(H,35,37). The largest absolute Gasteiger partial charge is 0.508 e. The normalized spacial score (nSPS) is 12.9. The summed E-state index contributed by atoms with van der Waals surface area (Å²) in [5.41, 5.74) is 9.33. The number of nitrogens with two attached hydrogens (primary N) is 1. The smallest absolute Gasteiger partial charge is 0.326 e. The average Bonchev–Trinajstić information content (AvgIpc) is 2.90. The van der Waals surface area contributed by atoms with E-state index in [1.165, 1.54) is 6.92 Å². The molecule has 4 aromatic rings. The number of phenolic OH excluding ortho intramolecular Hbond substituents is 1. The number of carbonyl (C=O) groups excluding carboxylic acids is 1. The number of benzene rings is 4. The van der Waals surface area contributed by atoms with Crippen LogP contribution in [-0.4, -0.2) is 23.0 Å². The van der Waals surface area contributed by atoms with Crippen LogP contribution in [0.4, 0.5) is 8.78 Å². The van der Waals surface area contributed by atoms with Gasteiger partial charge in [0.25, 0.3) is 5.91 Å². The lowest BCUT2D eigenvalue weighted by Gasteiger charge is -2.24. The first-order valence-electron chi connectivity index (χ1n) is 12.3. The zero-order chi connectivity index (χ0) is 27.1. The molecule has 38 heavy (non-hydrogen) atoms. The third kappa shape index (κ3) is 6.95. The van der Waals surface area contributed by atoms with Gasteiger partial charge in [0.05, 0.1) is 6.04 Å². The first-order valence-corrected chi connectivity index (χ1v) is 12.3. The highest BCUT2D eigenvalue weighted by molar-refractivity contribution is 5.84. The van der Waals surface area contributed by atoms with Gasteiger partial charge in [-0.1, -0.05) is 84.9 Å². The molecule has 0 aliphatic rings. The van der Waals surface area contributed by atoms with E-state index in [2.05, 4.69) is 5.32 Å². The Morgan fingerprint density at radius 1 is 0.895 bits per heavy atom. The third-order valence-corrected chi connectivity index (χ3v) is 6.04. The Morgan fingerprint density at radius 3 is 2.13 bits per heavy atom. The summed E-state index contributed by atoms with van der Waals surface area (Å²) in [7, 11) is 0. The molecule has 0 radical (unpaired) electrons. The lowest BCUT2D eigenvalue weighted by molar-refractivity contribution is -0.147. The first kappa shape index (κ1) is 26.8. The maximum absolute atomic E-state index is 14.5. The summed E-state index contributed by atoms with van der Waals surface area (Å²) in [6.45, 7) is 1.79. The van der Waals surface area contributed by atoms with Crippen molar-refractivity contribution in [1.29, 1.82) is 0 Å². The molecule has 4 aromatic carbocycles. The van der Waals surface area contributed by atoms with Crippen molar-refractivity contribution < 1.29 is 23.4 Å². The summed E-state index contributed by atoms with van der Waals surface area (Å²) in [4.78, 5) is 12.5. The van der Waals surface area contributed by atoms with Crippen LogP contribution in [0.3, 0.4) is 0 Å². The second-order valence-electron chi connectivity index (χ2n) is 9.31. The van der Waals surface area contributed by atoms with Gasteiger partial charge in [-0.15, -0.1) is 0 Å². The number of phenols is 1. The Morgan fingerprint density at radius 2 is 1.50 bits per heavy atom. The lowest BCUT2D eigenvalue weighted by Crippen LogP contribution is -2.44. The molecular formula is C31H30F2N2O3. The number of halogens is 2. The van der Waals surface area contributed by atoms with E-state index in [1.807, 2.05) is 54.6 Å². The topological polar surface area (TPSA) is 84.6 Å². The molecule has 0 heterocycles. The highest BCUT2D eigenvalue weighted by Crippen LogP contribution is 2.32. The molecule has 196 valence electrons. The number of aromatic hydroxyl groups is 1. The molecule has 2 atom stereocenters. The van der Waals surface area contributed by atoms with Crippen LogP contribution < -0.4 is 15.8 Å². The number of alkyl halides is 2. The molecule has 0 saturated carbocycles. The minimum atomic E-state index is -3.60. The maximum Gasteiger partial charge on any atom is 0.326 e. The van der Waals surface area contributed by atoms with Crippen molar-refractivity contribution >= 4 is 5.91 Å². The van der Waals surface area contributed by atoms with E-state index in [0.29, 0.717) is 23.5 Å². The Balaban J connectivity index is 1.57. The summed E-state index contributed by atoms with van der Waals surface area (Å²) in [5, 5.41) is 12.8. The van der Waals surface area contributed by atoms with Crippen molar-refractivity contribution in [2.24, 2.45) is 5.73 Å². The molecular weight excluding hydrogens is 486 g/mol. The Bertz CT molecular complexity index is 1340. The molecule has 1 amide bonds. The van der Waals surface area contributed by atoms with Crippen LogP contribution in [0.15, 0.2) is 103 Å². The Labute approximate surface area is 220 Å². The predicted molar refractivity (Wildman–Crippen MR) is 144 cm³/mol. The fourth-order valence-electron chi connectivity index (χ4n) is 4.18. The van der Waals surface area contributed by atoms with Gasteiger partial charge in [0.1, 0.15) is 18.1 Å². The average molecular weight is 517 g/mol. The monoisotopic (exact) mass is 516 g/mol. The summed E-state index contributed by atoms with van der Waals surface area (Å²) >= 11 is 0. The van der Waals surface area contributed by atoms with Crippen molar-refractivity contribution in [3.63, 3.8) is 0 Å². The molecule has 0 aliphatic carbocycles. The van der Waals surface area contributed by atoms with Crippen molar-refractivity contribution in [1.82, 2.24) is 5.32 Å². The van der Waals surface area contributed by atoms with Gasteiger partial charge >= 0.3 is 5.92 Å². The third-order valence-electron chi connectivity index (χ3n) is 6.04. The highest BCUT2D eigenvalue weighted by Gasteiger charge is 2.40. The molecule has 0 fully saturated rings. The number of hydrogen-bond acceptors (Lipinski definition) is 4. The van der Waals surface area contributed by atoms with Gasteiger partial charge in [0, 0.05) is 18.5 Å². The fraction of sp³-hybridized carbons (Fsp3) is 0.194. The van der Waals surface area contributed by atoms with Gasteiger partial charge in [-0.2, -0.15) is 8.78 Å². The molecule has 5 nitrogen and oxygen atoms in total. The molecule has 2 unspecified atom stereocenters. The van der Waals surface area contributed by atoms with E-state index in [9.17, 15) is 18.7 Å². The van der Waals surface area contributed by atoms with Gasteiger partial charge < -0.3 is 20.9 Å². The van der Waals surface area contributed by atoms with Gasteiger partial charge in [0.2, 0.25) is 0 Å². The van der Waals surface area contributed by atoms with E-state index < -0.39 is 30.3 Å². The van der Waals surface area contributed by atoms with Crippen LogP contribution in [-0.2, 0) is 11.4 Å². The van der Waals surface area contributed by atoms with E-state index >= 15 is 0 Å². The minimum absolute atomic E-state index is 0.0560. The number of rotatable bonds is 10. The molecule has 4 rings (SSSR count). The minimum Gasteiger partial charge on any atom is -0.508 e. The van der Waals surface area contributed by atoms with Gasteiger partial charge in [-0.05, 0) is 46.9 Å². The number of carbonyl (C=O) groups is 1. The van der Waals surface area contributed by atoms with Crippen LogP contribution in [0.5, 0.6) is 11.5 Å². The molecule has 0 saturated heterocycles. The van der Waals surface area contributed by atoms with Gasteiger partial charge in [-0.25, -0.2) is 0 Å². The van der Waals surface area contributed by atoms with Gasteiger partial charge in [-0.3, -0.25) is 4.79 Å². The molecule has 0 bridgehead atoms. The Kier molecular flexibility index (Phi) is 8.38. The van der Waals surface area contributed by atoms with E-state index in [0.717, 1.165) is 16.7 Å². The number of amides is 1. The fourth-order valence-corrected chi connectivity index (χ4v) is 4.18. The first-order chi connectivity index (χ1) is 18.2. The Hall–Kier alpha value is -4.23. The van der Waals surface area contributed by atoms with Gasteiger partial charge in [0.15, 0.2) is 0 Å². The molecule has 0 aromatic heterocycles. The van der Waals surface area contributed by atoms with Crippen LogP contribution in [0, 0.1) is 0 Å². The van der Waals surface area contributed by atoms with Crippen LogP contribution in [0.1, 0.15) is 36.1 Å². The van der Waals surface area contributed by atoms with Crippen molar-refractivity contribution in [3.8, 4) is 22.6 Å². The molecule has 0 aliphatic heterocycles. The molecule has 0 spiro atoms. The molecule has 7 heteroatoms.